The summed E-state index contributed by atoms with van der Waals surface area (Å²) in [6.07, 6.45) is 3.83. The molecule has 1 amide bonds. The Labute approximate surface area is 155 Å². The Hall–Kier alpha value is -2.84. The zero-order valence-corrected chi connectivity index (χ0v) is 14.9. The summed E-state index contributed by atoms with van der Waals surface area (Å²) in [7, 11) is 0. The van der Waals surface area contributed by atoms with Crippen LogP contribution in [0, 0.1) is 12.7 Å². The minimum atomic E-state index is -0.691. The molecule has 0 unspecified atom stereocenters. The van der Waals surface area contributed by atoms with Gasteiger partial charge in [-0.1, -0.05) is 22.9 Å². The van der Waals surface area contributed by atoms with Crippen LogP contribution >= 0.6 is 22.9 Å². The van der Waals surface area contributed by atoms with Crippen molar-refractivity contribution in [1.82, 2.24) is 15.0 Å². The zero-order chi connectivity index (χ0) is 18.3. The van der Waals surface area contributed by atoms with E-state index in [9.17, 15) is 9.18 Å². The van der Waals surface area contributed by atoms with Gasteiger partial charge in [0.15, 0.2) is 17.3 Å². The number of hydrogen-bond acceptors (Lipinski definition) is 6. The SMILES string of the molecule is Cc1nc2cc(Cl)c(-c3ncc(NC(=O)c4ccncc4F)s3)cc2o1. The molecule has 0 spiro atoms. The Morgan fingerprint density at radius 1 is 1.35 bits per heavy atom. The molecule has 0 aliphatic rings. The Kier molecular flexibility index (Phi) is 4.14. The van der Waals surface area contributed by atoms with E-state index in [4.69, 9.17) is 16.0 Å². The molecule has 0 bridgehead atoms. The van der Waals surface area contributed by atoms with E-state index in [0.29, 0.717) is 37.6 Å². The maximum Gasteiger partial charge on any atom is 0.259 e. The van der Waals surface area contributed by atoms with Crippen molar-refractivity contribution in [2.24, 2.45) is 0 Å². The molecule has 0 atom stereocenters. The van der Waals surface area contributed by atoms with Crippen molar-refractivity contribution in [3.05, 3.63) is 59.1 Å². The molecular formula is C17H10ClFN4O2S. The predicted molar refractivity (Wildman–Crippen MR) is 97.0 cm³/mol. The molecule has 1 aromatic carbocycles. The normalized spacial score (nSPS) is 11.0. The standard InChI is InChI=1S/C17H10ClFN4O2S/c1-8-22-13-5-11(18)10(4-14(13)25-8)17-21-7-15(26-17)23-16(24)9-2-3-20-6-12(9)19/h2-7H,1H3,(H,23,24). The third-order valence-corrected chi connectivity index (χ3v) is 4.83. The number of anilines is 1. The van der Waals surface area contributed by atoms with Crippen molar-refractivity contribution in [3.63, 3.8) is 0 Å². The number of benzene rings is 1. The molecule has 0 aliphatic heterocycles. The van der Waals surface area contributed by atoms with Gasteiger partial charge in [-0.3, -0.25) is 9.78 Å². The quantitative estimate of drug-likeness (QED) is 0.550. The number of hydrogen-bond donors (Lipinski definition) is 1. The van der Waals surface area contributed by atoms with Crippen LogP contribution in [0.5, 0.6) is 0 Å². The van der Waals surface area contributed by atoms with E-state index in [-0.39, 0.29) is 5.56 Å². The molecule has 1 N–H and O–H groups in total. The fourth-order valence-corrected chi connectivity index (χ4v) is 3.57. The summed E-state index contributed by atoms with van der Waals surface area (Å²) in [6, 6.07) is 4.77. The maximum atomic E-state index is 13.6. The summed E-state index contributed by atoms with van der Waals surface area (Å²) in [5, 5.41) is 4.15. The second kappa shape index (κ2) is 6.47. The van der Waals surface area contributed by atoms with Crippen molar-refractivity contribution < 1.29 is 13.6 Å². The number of nitrogens with zero attached hydrogens (tertiary/aromatic N) is 3. The van der Waals surface area contributed by atoms with Gasteiger partial charge in [-0.25, -0.2) is 14.4 Å². The van der Waals surface area contributed by atoms with E-state index in [0.717, 1.165) is 6.20 Å². The number of carbonyl (C=O) groups excluding carboxylic acids is 1. The Bertz CT molecular complexity index is 1140. The van der Waals surface area contributed by atoms with Crippen LogP contribution in [0.25, 0.3) is 21.7 Å². The van der Waals surface area contributed by atoms with Crippen LogP contribution in [0.4, 0.5) is 9.39 Å². The number of halogens is 2. The lowest BCUT2D eigenvalue weighted by Gasteiger charge is -2.02. The zero-order valence-electron chi connectivity index (χ0n) is 13.3. The molecule has 0 saturated carbocycles. The van der Waals surface area contributed by atoms with Gasteiger partial charge < -0.3 is 9.73 Å². The Morgan fingerprint density at radius 3 is 3.00 bits per heavy atom. The number of carbonyl (C=O) groups is 1. The highest BCUT2D eigenvalue weighted by molar-refractivity contribution is 7.19. The van der Waals surface area contributed by atoms with Crippen molar-refractivity contribution in [2.45, 2.75) is 6.92 Å². The lowest BCUT2D eigenvalue weighted by Crippen LogP contribution is -2.12. The molecular weight excluding hydrogens is 379 g/mol. The van der Waals surface area contributed by atoms with Crippen molar-refractivity contribution in [1.29, 1.82) is 0 Å². The van der Waals surface area contributed by atoms with Gasteiger partial charge in [0.1, 0.15) is 15.5 Å². The van der Waals surface area contributed by atoms with Crippen molar-refractivity contribution in [3.8, 4) is 10.6 Å². The molecule has 0 radical (unpaired) electrons. The van der Waals surface area contributed by atoms with Gasteiger partial charge in [0.2, 0.25) is 0 Å². The van der Waals surface area contributed by atoms with E-state index in [1.807, 2.05) is 0 Å². The Balaban J connectivity index is 1.63. The van der Waals surface area contributed by atoms with Crippen LogP contribution in [0.2, 0.25) is 5.02 Å². The van der Waals surface area contributed by atoms with Gasteiger partial charge in [0, 0.05) is 18.7 Å². The van der Waals surface area contributed by atoms with Crippen molar-refractivity contribution in [2.75, 3.05) is 5.32 Å². The van der Waals surface area contributed by atoms with Gasteiger partial charge >= 0.3 is 0 Å². The molecule has 6 nitrogen and oxygen atoms in total. The Morgan fingerprint density at radius 2 is 2.19 bits per heavy atom. The number of rotatable bonds is 3. The van der Waals surface area contributed by atoms with Gasteiger partial charge in [0.25, 0.3) is 5.91 Å². The molecule has 3 aromatic heterocycles. The largest absolute Gasteiger partial charge is 0.441 e. The van der Waals surface area contributed by atoms with Crippen molar-refractivity contribution >= 4 is 44.9 Å². The van der Waals surface area contributed by atoms with Gasteiger partial charge in [-0.2, -0.15) is 0 Å². The first-order chi connectivity index (χ1) is 12.5. The molecule has 0 saturated heterocycles. The molecule has 26 heavy (non-hydrogen) atoms. The summed E-state index contributed by atoms with van der Waals surface area (Å²) >= 11 is 7.54. The minimum absolute atomic E-state index is 0.0912. The van der Waals surface area contributed by atoms with E-state index >= 15 is 0 Å². The van der Waals surface area contributed by atoms with Crippen LogP contribution in [-0.4, -0.2) is 20.9 Å². The second-order valence-electron chi connectivity index (χ2n) is 5.37. The molecule has 0 fully saturated rings. The number of amides is 1. The van der Waals surface area contributed by atoms with Crippen LogP contribution in [-0.2, 0) is 0 Å². The van der Waals surface area contributed by atoms with Gasteiger partial charge in [-0.05, 0) is 18.2 Å². The third-order valence-electron chi connectivity index (χ3n) is 3.57. The summed E-state index contributed by atoms with van der Waals surface area (Å²) in [4.78, 5) is 24.3. The number of pyridine rings is 1. The molecule has 4 rings (SSSR count). The van der Waals surface area contributed by atoms with Crippen LogP contribution in [0.15, 0.2) is 41.2 Å². The lowest BCUT2D eigenvalue weighted by molar-refractivity contribution is 0.102. The van der Waals surface area contributed by atoms with E-state index in [1.165, 1.54) is 29.8 Å². The van der Waals surface area contributed by atoms with E-state index in [2.05, 4.69) is 20.3 Å². The maximum absolute atomic E-state index is 13.6. The van der Waals surface area contributed by atoms with Crippen LogP contribution in [0.3, 0.4) is 0 Å². The summed E-state index contributed by atoms with van der Waals surface area (Å²) in [6.45, 7) is 1.75. The highest BCUT2D eigenvalue weighted by Gasteiger charge is 2.16. The highest BCUT2D eigenvalue weighted by atomic mass is 35.5. The number of aromatic nitrogens is 3. The summed E-state index contributed by atoms with van der Waals surface area (Å²) in [5.41, 5.74) is 1.83. The number of oxazole rings is 1. The highest BCUT2D eigenvalue weighted by Crippen LogP contribution is 2.36. The van der Waals surface area contributed by atoms with Gasteiger partial charge in [0.05, 0.1) is 23.0 Å². The second-order valence-corrected chi connectivity index (χ2v) is 6.81. The van der Waals surface area contributed by atoms with E-state index in [1.54, 1.807) is 19.1 Å². The van der Waals surface area contributed by atoms with Crippen LogP contribution < -0.4 is 5.32 Å². The summed E-state index contributed by atoms with van der Waals surface area (Å²) in [5.74, 6) is -0.726. The van der Waals surface area contributed by atoms with Crippen LogP contribution in [0.1, 0.15) is 16.2 Å². The molecule has 9 heteroatoms. The first-order valence-corrected chi connectivity index (χ1v) is 8.64. The topological polar surface area (TPSA) is 80.9 Å². The van der Waals surface area contributed by atoms with Gasteiger partial charge in [-0.15, -0.1) is 0 Å². The predicted octanol–water partition coefficient (Wildman–Crippen LogP) is 4.70. The first-order valence-electron chi connectivity index (χ1n) is 7.45. The average molecular weight is 389 g/mol. The molecule has 0 aliphatic carbocycles. The number of fused-ring (bicyclic) bond motifs is 1. The minimum Gasteiger partial charge on any atom is -0.441 e. The van der Waals surface area contributed by atoms with E-state index < -0.39 is 11.7 Å². The third kappa shape index (κ3) is 3.04. The number of nitrogens with one attached hydrogen (secondary N) is 1. The molecule has 4 aromatic rings. The fraction of sp³-hybridized carbons (Fsp3) is 0.0588. The fourth-order valence-electron chi connectivity index (χ4n) is 2.42. The number of thiazole rings is 1. The molecule has 130 valence electrons. The first kappa shape index (κ1) is 16.6. The number of aryl methyl sites for hydroxylation is 1. The smallest absolute Gasteiger partial charge is 0.259 e. The lowest BCUT2D eigenvalue weighted by atomic mass is 10.2. The summed E-state index contributed by atoms with van der Waals surface area (Å²) < 4.78 is 19.2. The average Bonchev–Trinajstić information content (AvgIpc) is 3.19. The molecule has 3 heterocycles. The monoisotopic (exact) mass is 388 g/mol.